The van der Waals surface area contributed by atoms with E-state index in [1.165, 1.54) is 4.90 Å². The SMILES string of the molecule is COc1ccc(CN(C(=O)CN2C(=O)C(=O)c3ccccc32)C(C(=O)Nc2ccc(N3CCOCC3)cc2)C2CC=CCC2)cc1. The fraction of sp³-hybridized carbons (Fsp3) is 0.333. The number of hydrogen-bond acceptors (Lipinski definition) is 7. The molecule has 10 heteroatoms. The molecule has 2 aliphatic heterocycles. The summed E-state index contributed by atoms with van der Waals surface area (Å²) in [6.45, 7) is 2.74. The van der Waals surface area contributed by atoms with Crippen LogP contribution in [-0.4, -0.2) is 74.4 Å². The van der Waals surface area contributed by atoms with E-state index >= 15 is 0 Å². The van der Waals surface area contributed by atoms with Crippen LogP contribution in [0.2, 0.25) is 0 Å². The number of para-hydroxylation sites is 1. The molecule has 3 aliphatic rings. The lowest BCUT2D eigenvalue weighted by atomic mass is 9.85. The topological polar surface area (TPSA) is 108 Å². The Morgan fingerprint density at radius 3 is 2.41 bits per heavy atom. The van der Waals surface area contributed by atoms with Crippen LogP contribution >= 0.6 is 0 Å². The van der Waals surface area contributed by atoms with Gasteiger partial charge in [-0.2, -0.15) is 0 Å². The van der Waals surface area contributed by atoms with Gasteiger partial charge in [0, 0.05) is 31.0 Å². The maximum atomic E-state index is 14.3. The quantitative estimate of drug-likeness (QED) is 0.263. The van der Waals surface area contributed by atoms with E-state index in [1.807, 2.05) is 48.5 Å². The number of benzene rings is 3. The van der Waals surface area contributed by atoms with Gasteiger partial charge in [0.15, 0.2) is 0 Å². The largest absolute Gasteiger partial charge is 0.497 e. The van der Waals surface area contributed by atoms with Gasteiger partial charge in [0.2, 0.25) is 11.8 Å². The summed E-state index contributed by atoms with van der Waals surface area (Å²) in [4.78, 5) is 59.4. The van der Waals surface area contributed by atoms with Crippen LogP contribution in [-0.2, 0) is 25.7 Å². The van der Waals surface area contributed by atoms with Crippen molar-refractivity contribution >= 4 is 40.6 Å². The second kappa shape index (κ2) is 14.0. The molecule has 0 spiro atoms. The molecule has 6 rings (SSSR count). The number of ketones is 1. The van der Waals surface area contributed by atoms with Crippen molar-refractivity contribution in [1.29, 1.82) is 0 Å². The number of rotatable bonds is 10. The molecule has 3 aromatic carbocycles. The van der Waals surface area contributed by atoms with Gasteiger partial charge in [0.25, 0.3) is 11.7 Å². The average molecular weight is 623 g/mol. The lowest BCUT2D eigenvalue weighted by molar-refractivity contribution is -0.140. The van der Waals surface area contributed by atoms with E-state index in [4.69, 9.17) is 9.47 Å². The van der Waals surface area contributed by atoms with E-state index in [2.05, 4.69) is 22.4 Å². The standard InChI is InChI=1S/C36H38N4O6/c1-45-29-17-11-25(12-18-29)23-40(32(41)24-39-31-10-6-5-9-30(31)34(42)36(39)44)33(26-7-3-2-4-8-26)35(43)37-27-13-15-28(16-14-27)38-19-21-46-22-20-38/h2-3,5-6,9-18,26,33H,4,7-8,19-24H2,1H3,(H,37,43). The number of ether oxygens (including phenoxy) is 2. The minimum Gasteiger partial charge on any atom is -0.497 e. The molecule has 2 heterocycles. The Hall–Kier alpha value is -4.96. The van der Waals surface area contributed by atoms with E-state index in [0.717, 1.165) is 37.2 Å². The first-order valence-corrected chi connectivity index (χ1v) is 15.7. The Morgan fingerprint density at radius 1 is 0.978 bits per heavy atom. The van der Waals surface area contributed by atoms with E-state index in [-0.39, 0.29) is 30.5 Å². The number of amides is 3. The number of anilines is 3. The Bertz CT molecular complexity index is 1610. The summed E-state index contributed by atoms with van der Waals surface area (Å²) in [5, 5.41) is 3.08. The van der Waals surface area contributed by atoms with E-state index in [1.54, 1.807) is 36.3 Å². The summed E-state index contributed by atoms with van der Waals surface area (Å²) in [6.07, 6.45) is 6.29. The van der Waals surface area contributed by atoms with Crippen LogP contribution in [0.1, 0.15) is 35.2 Å². The smallest absolute Gasteiger partial charge is 0.299 e. The summed E-state index contributed by atoms with van der Waals surface area (Å²) in [7, 11) is 1.58. The fourth-order valence-corrected chi connectivity index (χ4v) is 6.41. The lowest BCUT2D eigenvalue weighted by Gasteiger charge is -2.37. The van der Waals surface area contributed by atoms with Crippen molar-refractivity contribution in [2.24, 2.45) is 5.92 Å². The Morgan fingerprint density at radius 2 is 1.72 bits per heavy atom. The van der Waals surface area contributed by atoms with Gasteiger partial charge >= 0.3 is 0 Å². The molecule has 0 aromatic heterocycles. The number of morpholine rings is 1. The number of nitrogens with one attached hydrogen (secondary N) is 1. The number of Topliss-reactive ketones (excluding diaryl/α,β-unsaturated/α-hetero) is 1. The monoisotopic (exact) mass is 622 g/mol. The fourth-order valence-electron chi connectivity index (χ4n) is 6.41. The van der Waals surface area contributed by atoms with Crippen LogP contribution in [0.3, 0.4) is 0 Å². The van der Waals surface area contributed by atoms with Gasteiger partial charge in [-0.3, -0.25) is 24.1 Å². The molecule has 0 saturated carbocycles. The number of carbonyl (C=O) groups excluding carboxylic acids is 4. The first-order chi connectivity index (χ1) is 22.4. The molecule has 238 valence electrons. The predicted octanol–water partition coefficient (Wildman–Crippen LogP) is 4.45. The third-order valence-electron chi connectivity index (χ3n) is 8.88. The lowest BCUT2D eigenvalue weighted by Crippen LogP contribution is -2.54. The number of carbonyl (C=O) groups is 4. The van der Waals surface area contributed by atoms with Gasteiger partial charge in [0.05, 0.1) is 31.6 Å². The van der Waals surface area contributed by atoms with Crippen LogP contribution < -0.4 is 19.9 Å². The van der Waals surface area contributed by atoms with Crippen LogP contribution in [0.25, 0.3) is 0 Å². The molecule has 2 unspecified atom stereocenters. The maximum absolute atomic E-state index is 14.3. The summed E-state index contributed by atoms with van der Waals surface area (Å²) in [5.41, 5.74) is 3.16. The van der Waals surface area contributed by atoms with Gasteiger partial charge in [-0.1, -0.05) is 36.4 Å². The molecule has 10 nitrogen and oxygen atoms in total. The summed E-state index contributed by atoms with van der Waals surface area (Å²) in [5.74, 6) is -1.59. The molecule has 1 N–H and O–H groups in total. The van der Waals surface area contributed by atoms with Gasteiger partial charge in [-0.25, -0.2) is 0 Å². The average Bonchev–Trinajstić information content (AvgIpc) is 3.34. The Balaban J connectivity index is 1.30. The van der Waals surface area contributed by atoms with Crippen molar-refractivity contribution in [3.05, 3.63) is 96.1 Å². The van der Waals surface area contributed by atoms with Crippen molar-refractivity contribution in [2.45, 2.75) is 31.8 Å². The third-order valence-corrected chi connectivity index (χ3v) is 8.88. The zero-order valence-corrected chi connectivity index (χ0v) is 25.9. The third kappa shape index (κ3) is 6.67. The predicted molar refractivity (Wildman–Crippen MR) is 175 cm³/mol. The molecule has 3 amide bonds. The molecule has 3 aromatic rings. The minimum absolute atomic E-state index is 0.134. The number of methoxy groups -OCH3 is 1. The van der Waals surface area contributed by atoms with E-state index in [9.17, 15) is 19.2 Å². The minimum atomic E-state index is -0.831. The van der Waals surface area contributed by atoms with Crippen molar-refractivity contribution in [3.63, 3.8) is 0 Å². The summed E-state index contributed by atoms with van der Waals surface area (Å²) < 4.78 is 10.8. The first-order valence-electron chi connectivity index (χ1n) is 15.7. The van der Waals surface area contributed by atoms with Crippen LogP contribution in [0.4, 0.5) is 17.1 Å². The zero-order chi connectivity index (χ0) is 32.0. The van der Waals surface area contributed by atoms with Gasteiger partial charge in [-0.15, -0.1) is 0 Å². The molecule has 0 bridgehead atoms. The van der Waals surface area contributed by atoms with Crippen molar-refractivity contribution in [3.8, 4) is 5.75 Å². The van der Waals surface area contributed by atoms with E-state index in [0.29, 0.717) is 36.8 Å². The Kier molecular flexibility index (Phi) is 9.44. The highest BCUT2D eigenvalue weighted by Gasteiger charge is 2.41. The molecular weight excluding hydrogens is 584 g/mol. The molecule has 0 radical (unpaired) electrons. The highest BCUT2D eigenvalue weighted by Crippen LogP contribution is 2.31. The number of nitrogens with zero attached hydrogens (tertiary/aromatic N) is 3. The van der Waals surface area contributed by atoms with Gasteiger partial charge < -0.3 is 24.6 Å². The second-order valence-electron chi connectivity index (χ2n) is 11.7. The highest BCUT2D eigenvalue weighted by atomic mass is 16.5. The van der Waals surface area contributed by atoms with Gasteiger partial charge in [0.1, 0.15) is 18.3 Å². The number of hydrogen-bond donors (Lipinski definition) is 1. The number of allylic oxidation sites excluding steroid dienone is 2. The molecular formula is C36H38N4O6. The van der Waals surface area contributed by atoms with Gasteiger partial charge in [-0.05, 0) is 79.3 Å². The zero-order valence-electron chi connectivity index (χ0n) is 25.9. The van der Waals surface area contributed by atoms with Crippen molar-refractivity contribution in [2.75, 3.05) is 55.1 Å². The summed E-state index contributed by atoms with van der Waals surface area (Å²) in [6, 6.07) is 20.9. The normalized spacial score (nSPS) is 18.2. The summed E-state index contributed by atoms with van der Waals surface area (Å²) >= 11 is 0. The molecule has 1 fully saturated rings. The van der Waals surface area contributed by atoms with Crippen LogP contribution in [0, 0.1) is 5.92 Å². The molecule has 1 aliphatic carbocycles. The first kappa shape index (κ1) is 31.0. The highest BCUT2D eigenvalue weighted by molar-refractivity contribution is 6.52. The molecule has 2 atom stereocenters. The second-order valence-corrected chi connectivity index (χ2v) is 11.7. The van der Waals surface area contributed by atoms with Crippen LogP contribution in [0.5, 0.6) is 5.75 Å². The Labute approximate surface area is 268 Å². The number of fused-ring (bicyclic) bond motifs is 1. The van der Waals surface area contributed by atoms with Crippen molar-refractivity contribution in [1.82, 2.24) is 4.90 Å². The molecule has 46 heavy (non-hydrogen) atoms. The van der Waals surface area contributed by atoms with E-state index < -0.39 is 23.6 Å². The van der Waals surface area contributed by atoms with Crippen LogP contribution in [0.15, 0.2) is 84.9 Å². The maximum Gasteiger partial charge on any atom is 0.299 e. The van der Waals surface area contributed by atoms with Crippen molar-refractivity contribution < 1.29 is 28.7 Å². The molecule has 1 saturated heterocycles.